The van der Waals surface area contributed by atoms with Crippen molar-refractivity contribution in [1.29, 1.82) is 0 Å². The van der Waals surface area contributed by atoms with Crippen LogP contribution >= 0.6 is 0 Å². The molecule has 86 valence electrons. The molecular formula is C10H16O4S. The zero-order valence-corrected chi connectivity index (χ0v) is 9.80. The predicted octanol–water partition coefficient (Wildman–Crippen LogP) is 1.41. The summed E-state index contributed by atoms with van der Waals surface area (Å²) in [7, 11) is -4.26. The van der Waals surface area contributed by atoms with Crippen molar-refractivity contribution in [2.75, 3.05) is 0 Å². The van der Waals surface area contributed by atoms with Gasteiger partial charge in [0.1, 0.15) is 0 Å². The fraction of sp³-hybridized carbons (Fsp3) is 0.900. The van der Waals surface area contributed by atoms with Gasteiger partial charge in [-0.25, -0.2) is 0 Å². The Morgan fingerprint density at radius 1 is 1.33 bits per heavy atom. The highest BCUT2D eigenvalue weighted by atomic mass is 32.2. The molecule has 0 aromatic heterocycles. The molecule has 2 atom stereocenters. The molecule has 5 heteroatoms. The van der Waals surface area contributed by atoms with Crippen molar-refractivity contribution in [2.45, 2.75) is 44.3 Å². The summed E-state index contributed by atoms with van der Waals surface area (Å²) in [5.74, 6) is -0.510. The number of fused-ring (bicyclic) bond motifs is 1. The van der Waals surface area contributed by atoms with Crippen molar-refractivity contribution < 1.29 is 17.8 Å². The number of Topliss-reactive ketones (excluding diaryl/α,β-unsaturated/α-hetero) is 1. The first-order valence-corrected chi connectivity index (χ1v) is 6.66. The van der Waals surface area contributed by atoms with Crippen LogP contribution < -0.4 is 0 Å². The lowest BCUT2D eigenvalue weighted by atomic mass is 9.53. The Balaban J connectivity index is 2.49. The molecule has 15 heavy (non-hydrogen) atoms. The Morgan fingerprint density at radius 2 is 1.93 bits per heavy atom. The first kappa shape index (κ1) is 11.1. The topological polar surface area (TPSA) is 71.4 Å². The van der Waals surface area contributed by atoms with Crippen molar-refractivity contribution in [2.24, 2.45) is 11.3 Å². The predicted molar refractivity (Wildman–Crippen MR) is 55.0 cm³/mol. The molecule has 0 bridgehead atoms. The van der Waals surface area contributed by atoms with Gasteiger partial charge in [-0.1, -0.05) is 20.3 Å². The average Bonchev–Trinajstić information content (AvgIpc) is 2.04. The van der Waals surface area contributed by atoms with Gasteiger partial charge in [-0.05, 0) is 24.2 Å². The van der Waals surface area contributed by atoms with Crippen LogP contribution in [0.1, 0.15) is 39.5 Å². The summed E-state index contributed by atoms with van der Waals surface area (Å²) in [4.78, 5) is 11.6. The van der Waals surface area contributed by atoms with Crippen molar-refractivity contribution in [3.05, 3.63) is 0 Å². The highest BCUT2D eigenvalue weighted by molar-refractivity contribution is 7.88. The van der Waals surface area contributed by atoms with Gasteiger partial charge in [0.05, 0.1) is 0 Å². The monoisotopic (exact) mass is 232 g/mol. The van der Waals surface area contributed by atoms with Gasteiger partial charge in [-0.3, -0.25) is 9.35 Å². The lowest BCUT2D eigenvalue weighted by Crippen LogP contribution is -2.67. The van der Waals surface area contributed by atoms with E-state index in [1.165, 1.54) is 0 Å². The van der Waals surface area contributed by atoms with E-state index in [-0.39, 0.29) is 17.1 Å². The summed E-state index contributed by atoms with van der Waals surface area (Å²) >= 11 is 0. The van der Waals surface area contributed by atoms with E-state index in [0.717, 1.165) is 6.42 Å². The number of carbonyl (C=O) groups is 1. The minimum absolute atomic E-state index is 0.165. The van der Waals surface area contributed by atoms with Crippen LogP contribution in [0.4, 0.5) is 0 Å². The molecule has 0 aromatic carbocycles. The first-order valence-electron chi connectivity index (χ1n) is 5.22. The number of ketones is 1. The molecule has 2 aliphatic rings. The molecule has 0 spiro atoms. The summed E-state index contributed by atoms with van der Waals surface area (Å²) < 4.78 is 30.6. The van der Waals surface area contributed by atoms with Gasteiger partial charge >= 0.3 is 0 Å². The highest BCUT2D eigenvalue weighted by Crippen LogP contribution is 2.58. The summed E-state index contributed by atoms with van der Waals surface area (Å²) in [5, 5.41) is 0. The molecule has 2 aliphatic carbocycles. The zero-order valence-electron chi connectivity index (χ0n) is 8.99. The molecule has 4 nitrogen and oxygen atoms in total. The van der Waals surface area contributed by atoms with Gasteiger partial charge in [0.2, 0.25) is 0 Å². The van der Waals surface area contributed by atoms with Gasteiger partial charge in [0.15, 0.2) is 10.5 Å². The number of carbonyl (C=O) groups excluding carboxylic acids is 1. The first-order chi connectivity index (χ1) is 6.72. The number of hydrogen-bond donors (Lipinski definition) is 1. The third kappa shape index (κ3) is 1.22. The molecule has 2 fully saturated rings. The van der Waals surface area contributed by atoms with E-state index in [9.17, 15) is 17.8 Å². The summed E-state index contributed by atoms with van der Waals surface area (Å²) in [6.07, 6.45) is 2.20. The van der Waals surface area contributed by atoms with Crippen LogP contribution in [0.25, 0.3) is 0 Å². The fourth-order valence-electron chi connectivity index (χ4n) is 3.24. The number of rotatable bonds is 1. The standard InChI is InChI=1S/C10H16O4S/c1-9(2)4-3-5-10(15(12,13)14)7(9)6-8(10)11/h7H,3-6H2,1-2H3,(H,12,13,14)/t7?,10-/m0/s1. The smallest absolute Gasteiger partial charge is 0.278 e. The average molecular weight is 232 g/mol. The van der Waals surface area contributed by atoms with E-state index in [4.69, 9.17) is 0 Å². The van der Waals surface area contributed by atoms with Gasteiger partial charge in [-0.2, -0.15) is 8.42 Å². The van der Waals surface area contributed by atoms with Crippen LogP contribution in [0.3, 0.4) is 0 Å². The Kier molecular flexibility index (Phi) is 2.09. The van der Waals surface area contributed by atoms with E-state index in [1.54, 1.807) is 0 Å². The molecule has 0 saturated heterocycles. The highest BCUT2D eigenvalue weighted by Gasteiger charge is 2.68. The zero-order chi connectivity index (χ0) is 11.5. The lowest BCUT2D eigenvalue weighted by molar-refractivity contribution is -0.140. The quantitative estimate of drug-likeness (QED) is 0.694. The lowest BCUT2D eigenvalue weighted by Gasteiger charge is -2.55. The van der Waals surface area contributed by atoms with Crippen LogP contribution in [-0.2, 0) is 14.9 Å². The molecule has 2 rings (SSSR count). The molecule has 0 heterocycles. The second-order valence-corrected chi connectivity index (χ2v) is 7.07. The van der Waals surface area contributed by atoms with Crippen LogP contribution in [0.5, 0.6) is 0 Å². The van der Waals surface area contributed by atoms with Crippen molar-refractivity contribution in [3.63, 3.8) is 0 Å². The molecule has 1 N–H and O–H groups in total. The normalized spacial score (nSPS) is 39.4. The summed E-state index contributed by atoms with van der Waals surface area (Å²) in [6.45, 7) is 3.95. The maximum Gasteiger partial charge on any atom is 0.278 e. The minimum atomic E-state index is -4.26. The van der Waals surface area contributed by atoms with E-state index in [0.29, 0.717) is 19.3 Å². The Morgan fingerprint density at radius 3 is 2.33 bits per heavy atom. The number of hydrogen-bond acceptors (Lipinski definition) is 3. The van der Waals surface area contributed by atoms with E-state index in [1.807, 2.05) is 13.8 Å². The van der Waals surface area contributed by atoms with Crippen LogP contribution in [0.15, 0.2) is 0 Å². The Bertz CT molecular complexity index is 409. The van der Waals surface area contributed by atoms with Crippen LogP contribution in [0, 0.1) is 11.3 Å². The maximum absolute atomic E-state index is 11.6. The van der Waals surface area contributed by atoms with Gasteiger partial charge in [0, 0.05) is 6.42 Å². The molecule has 0 aromatic rings. The molecule has 1 unspecified atom stereocenters. The molecule has 0 amide bonds. The molecule has 0 radical (unpaired) electrons. The summed E-state index contributed by atoms with van der Waals surface area (Å²) in [5.41, 5.74) is -0.165. The van der Waals surface area contributed by atoms with Crippen LogP contribution in [0.2, 0.25) is 0 Å². The van der Waals surface area contributed by atoms with E-state index >= 15 is 0 Å². The van der Waals surface area contributed by atoms with E-state index < -0.39 is 14.9 Å². The largest absolute Gasteiger partial charge is 0.298 e. The Labute approximate surface area is 89.8 Å². The third-order valence-electron chi connectivity index (χ3n) is 4.20. The van der Waals surface area contributed by atoms with E-state index in [2.05, 4.69) is 0 Å². The molecule has 0 aliphatic heterocycles. The van der Waals surface area contributed by atoms with Gasteiger partial charge < -0.3 is 0 Å². The third-order valence-corrected chi connectivity index (χ3v) is 5.83. The van der Waals surface area contributed by atoms with Gasteiger partial charge in [-0.15, -0.1) is 0 Å². The second-order valence-electron chi connectivity index (χ2n) is 5.39. The van der Waals surface area contributed by atoms with Crippen molar-refractivity contribution in [1.82, 2.24) is 0 Å². The minimum Gasteiger partial charge on any atom is -0.298 e. The van der Waals surface area contributed by atoms with Gasteiger partial charge in [0.25, 0.3) is 10.1 Å². The van der Waals surface area contributed by atoms with Crippen molar-refractivity contribution >= 4 is 15.9 Å². The summed E-state index contributed by atoms with van der Waals surface area (Å²) in [6, 6.07) is 0. The molecular weight excluding hydrogens is 216 g/mol. The second kappa shape index (κ2) is 2.83. The molecule has 2 saturated carbocycles. The fourth-order valence-corrected chi connectivity index (χ4v) is 4.78. The maximum atomic E-state index is 11.6. The van der Waals surface area contributed by atoms with Crippen LogP contribution in [-0.4, -0.2) is 23.5 Å². The Hall–Kier alpha value is -0.420. The van der Waals surface area contributed by atoms with Crippen molar-refractivity contribution in [3.8, 4) is 0 Å². The SMILES string of the molecule is CC1(C)CCC[C@@]2(S(=O)(=O)O)C(=O)CC12.